The maximum Gasteiger partial charge on any atom is 0.287 e. The van der Waals surface area contributed by atoms with Gasteiger partial charge in [0.2, 0.25) is 0 Å². The zero-order valence-electron chi connectivity index (χ0n) is 7.58. The molecule has 7 heteroatoms. The van der Waals surface area contributed by atoms with Crippen molar-refractivity contribution in [3.05, 3.63) is 34.1 Å². The molecular weight excluding hydrogens is 224 g/mol. The molecule has 6 nitrogen and oxygen atoms in total. The molecular formula is C8H9ClN2O4. The lowest BCUT2D eigenvalue weighted by molar-refractivity contribution is -0.385. The maximum absolute atomic E-state index is 10.3. The predicted molar refractivity (Wildman–Crippen MR) is 52.6 cm³/mol. The van der Waals surface area contributed by atoms with E-state index in [2.05, 4.69) is 4.98 Å². The Morgan fingerprint density at radius 1 is 1.53 bits per heavy atom. The highest BCUT2D eigenvalue weighted by Crippen LogP contribution is 2.17. The molecule has 0 radical (unpaired) electrons. The number of aliphatic hydroxyl groups is 2. The monoisotopic (exact) mass is 232 g/mol. The van der Waals surface area contributed by atoms with Crippen molar-refractivity contribution in [3.63, 3.8) is 0 Å². The summed E-state index contributed by atoms with van der Waals surface area (Å²) in [7, 11) is 0. The Morgan fingerprint density at radius 2 is 2.20 bits per heavy atom. The number of alkyl halides is 1. The fourth-order valence-corrected chi connectivity index (χ4v) is 1.13. The van der Waals surface area contributed by atoms with Gasteiger partial charge in [0.15, 0.2) is 0 Å². The Kier molecular flexibility index (Phi) is 3.96. The van der Waals surface area contributed by atoms with Crippen molar-refractivity contribution >= 4 is 17.3 Å². The molecule has 2 atom stereocenters. The van der Waals surface area contributed by atoms with Crippen LogP contribution in [0, 0.1) is 10.1 Å². The lowest BCUT2D eigenvalue weighted by Crippen LogP contribution is -2.20. The number of hydrogen-bond donors (Lipinski definition) is 2. The van der Waals surface area contributed by atoms with Gasteiger partial charge in [-0.2, -0.15) is 0 Å². The molecule has 0 spiro atoms. The molecule has 15 heavy (non-hydrogen) atoms. The van der Waals surface area contributed by atoms with Crippen LogP contribution < -0.4 is 0 Å². The van der Waals surface area contributed by atoms with Gasteiger partial charge in [-0.3, -0.25) is 15.1 Å². The van der Waals surface area contributed by atoms with E-state index in [4.69, 9.17) is 11.6 Å². The van der Waals surface area contributed by atoms with E-state index in [-0.39, 0.29) is 17.3 Å². The summed E-state index contributed by atoms with van der Waals surface area (Å²) in [6.45, 7) is 0. The number of aliphatic hydroxyl groups excluding tert-OH is 2. The van der Waals surface area contributed by atoms with Crippen LogP contribution >= 0.6 is 11.6 Å². The van der Waals surface area contributed by atoms with Crippen LogP contribution in [0.2, 0.25) is 0 Å². The number of halogens is 1. The van der Waals surface area contributed by atoms with E-state index in [1.807, 2.05) is 0 Å². The summed E-state index contributed by atoms with van der Waals surface area (Å²) in [6.07, 6.45) is -1.36. The predicted octanol–water partition coefficient (Wildman–Crippen LogP) is 0.623. The second kappa shape index (κ2) is 5.01. The summed E-state index contributed by atoms with van der Waals surface area (Å²) in [5.41, 5.74) is -0.0277. The standard InChI is InChI=1S/C8H9ClN2O4/c9-3-7(12)8(13)6-2-1-5(4-10-6)11(14)15/h1-2,4,7-8,12-13H,3H2. The molecule has 0 amide bonds. The van der Waals surface area contributed by atoms with Gasteiger partial charge in [-0.15, -0.1) is 11.6 Å². The van der Waals surface area contributed by atoms with Crippen LogP contribution in [0.1, 0.15) is 11.8 Å². The minimum atomic E-state index is -1.23. The van der Waals surface area contributed by atoms with Gasteiger partial charge in [-0.1, -0.05) is 0 Å². The molecule has 0 bridgehead atoms. The molecule has 0 aliphatic heterocycles. The first kappa shape index (κ1) is 11.8. The second-order valence-electron chi connectivity index (χ2n) is 2.86. The van der Waals surface area contributed by atoms with Crippen molar-refractivity contribution in [3.8, 4) is 0 Å². The van der Waals surface area contributed by atoms with E-state index in [9.17, 15) is 20.3 Å². The molecule has 1 heterocycles. The SMILES string of the molecule is O=[N+]([O-])c1ccc(C(O)C(O)CCl)nc1. The molecule has 2 N–H and O–H groups in total. The van der Waals surface area contributed by atoms with Gasteiger partial charge in [-0.25, -0.2) is 0 Å². The lowest BCUT2D eigenvalue weighted by atomic mass is 10.1. The quantitative estimate of drug-likeness (QED) is 0.451. The van der Waals surface area contributed by atoms with Crippen LogP contribution in [0.25, 0.3) is 0 Å². The minimum absolute atomic E-state index is 0.139. The first-order valence-electron chi connectivity index (χ1n) is 4.08. The third kappa shape index (κ3) is 2.85. The molecule has 82 valence electrons. The van der Waals surface area contributed by atoms with Gasteiger partial charge in [-0.05, 0) is 6.07 Å². The molecule has 1 aromatic rings. The molecule has 0 aliphatic carbocycles. The molecule has 0 aromatic carbocycles. The van der Waals surface area contributed by atoms with Crippen LogP contribution in [0.5, 0.6) is 0 Å². The number of nitrogens with zero attached hydrogens (tertiary/aromatic N) is 2. The molecule has 0 aliphatic rings. The van der Waals surface area contributed by atoms with Gasteiger partial charge in [0, 0.05) is 6.07 Å². The van der Waals surface area contributed by atoms with Crippen molar-refractivity contribution in [1.82, 2.24) is 4.98 Å². The van der Waals surface area contributed by atoms with E-state index < -0.39 is 17.1 Å². The van der Waals surface area contributed by atoms with E-state index in [1.54, 1.807) is 0 Å². The van der Waals surface area contributed by atoms with Gasteiger partial charge >= 0.3 is 0 Å². The number of hydrogen-bond acceptors (Lipinski definition) is 5. The largest absolute Gasteiger partial charge is 0.389 e. The Bertz CT molecular complexity index is 343. The van der Waals surface area contributed by atoms with Gasteiger partial charge in [0.05, 0.1) is 22.6 Å². The average molecular weight is 233 g/mol. The lowest BCUT2D eigenvalue weighted by Gasteiger charge is -2.13. The Morgan fingerprint density at radius 3 is 2.60 bits per heavy atom. The first-order valence-corrected chi connectivity index (χ1v) is 4.62. The summed E-state index contributed by atoms with van der Waals surface area (Å²) < 4.78 is 0. The Labute approximate surface area is 90.3 Å². The Hall–Kier alpha value is -1.24. The summed E-state index contributed by atoms with van der Waals surface area (Å²) >= 11 is 5.33. The third-order valence-corrected chi connectivity index (χ3v) is 2.12. The highest BCUT2D eigenvalue weighted by Gasteiger charge is 2.19. The van der Waals surface area contributed by atoms with E-state index in [0.717, 1.165) is 6.20 Å². The van der Waals surface area contributed by atoms with Crippen molar-refractivity contribution in [1.29, 1.82) is 0 Å². The molecule has 2 unspecified atom stereocenters. The van der Waals surface area contributed by atoms with E-state index in [0.29, 0.717) is 0 Å². The number of rotatable bonds is 4. The molecule has 0 saturated carbocycles. The Balaban J connectivity index is 2.84. The topological polar surface area (TPSA) is 96.5 Å². The summed E-state index contributed by atoms with van der Waals surface area (Å²) in [4.78, 5) is 13.4. The molecule has 0 saturated heterocycles. The zero-order valence-corrected chi connectivity index (χ0v) is 8.33. The first-order chi connectivity index (χ1) is 7.06. The summed E-state index contributed by atoms with van der Waals surface area (Å²) in [5.74, 6) is -0.139. The fraction of sp³-hybridized carbons (Fsp3) is 0.375. The van der Waals surface area contributed by atoms with Crippen molar-refractivity contribution < 1.29 is 15.1 Å². The number of aromatic nitrogens is 1. The molecule has 1 aromatic heterocycles. The van der Waals surface area contributed by atoms with Gasteiger partial charge in [0.25, 0.3) is 5.69 Å². The van der Waals surface area contributed by atoms with Crippen molar-refractivity contribution in [2.45, 2.75) is 12.2 Å². The van der Waals surface area contributed by atoms with Crippen LogP contribution in [-0.2, 0) is 0 Å². The summed E-state index contributed by atoms with van der Waals surface area (Å²) in [6, 6.07) is 2.48. The van der Waals surface area contributed by atoms with Crippen molar-refractivity contribution in [2.75, 3.05) is 5.88 Å². The smallest absolute Gasteiger partial charge is 0.287 e. The molecule has 0 fully saturated rings. The minimum Gasteiger partial charge on any atom is -0.389 e. The highest BCUT2D eigenvalue weighted by atomic mass is 35.5. The summed E-state index contributed by atoms with van der Waals surface area (Å²) in [5, 5.41) is 29.0. The molecule has 1 rings (SSSR count). The zero-order chi connectivity index (χ0) is 11.4. The van der Waals surface area contributed by atoms with Crippen LogP contribution in [0.4, 0.5) is 5.69 Å². The third-order valence-electron chi connectivity index (χ3n) is 1.81. The average Bonchev–Trinajstić information content (AvgIpc) is 2.27. The van der Waals surface area contributed by atoms with E-state index in [1.165, 1.54) is 12.1 Å². The van der Waals surface area contributed by atoms with Crippen LogP contribution in [0.3, 0.4) is 0 Å². The van der Waals surface area contributed by atoms with E-state index >= 15 is 0 Å². The van der Waals surface area contributed by atoms with Gasteiger partial charge in [0.1, 0.15) is 12.3 Å². The highest BCUT2D eigenvalue weighted by molar-refractivity contribution is 6.18. The van der Waals surface area contributed by atoms with Crippen LogP contribution in [0.15, 0.2) is 18.3 Å². The normalized spacial score (nSPS) is 14.6. The van der Waals surface area contributed by atoms with Crippen molar-refractivity contribution in [2.24, 2.45) is 0 Å². The second-order valence-corrected chi connectivity index (χ2v) is 3.17. The number of nitro groups is 1. The van der Waals surface area contributed by atoms with Gasteiger partial charge < -0.3 is 10.2 Å². The maximum atomic E-state index is 10.3. The number of pyridine rings is 1. The van der Waals surface area contributed by atoms with Crippen LogP contribution in [-0.4, -0.2) is 32.1 Å². The fourth-order valence-electron chi connectivity index (χ4n) is 0.962.